The Kier molecular flexibility index (Phi) is 4.68. The summed E-state index contributed by atoms with van der Waals surface area (Å²) in [6, 6.07) is 8.40. The molecule has 1 heterocycles. The molecule has 0 fully saturated rings. The van der Waals surface area contributed by atoms with Crippen molar-refractivity contribution in [2.24, 2.45) is 0 Å². The SMILES string of the molecule is COc1ccc(C(=O)CCCc2cccs2)cc1F. The molecule has 0 aliphatic carbocycles. The summed E-state index contributed by atoms with van der Waals surface area (Å²) in [5.74, 6) is -0.361. The molecule has 19 heavy (non-hydrogen) atoms. The fraction of sp³-hybridized carbons (Fsp3) is 0.267. The summed E-state index contributed by atoms with van der Waals surface area (Å²) in [5, 5.41) is 2.02. The van der Waals surface area contributed by atoms with E-state index in [1.165, 1.54) is 24.1 Å². The summed E-state index contributed by atoms with van der Waals surface area (Å²) in [6.07, 6.45) is 2.11. The molecule has 100 valence electrons. The smallest absolute Gasteiger partial charge is 0.165 e. The Morgan fingerprint density at radius 1 is 1.37 bits per heavy atom. The van der Waals surface area contributed by atoms with Crippen molar-refractivity contribution < 1.29 is 13.9 Å². The van der Waals surface area contributed by atoms with Crippen LogP contribution >= 0.6 is 11.3 Å². The molecule has 2 rings (SSSR count). The van der Waals surface area contributed by atoms with Gasteiger partial charge in [-0.2, -0.15) is 0 Å². The van der Waals surface area contributed by atoms with Gasteiger partial charge in [0.25, 0.3) is 0 Å². The number of Topliss-reactive ketones (excluding diaryl/α,β-unsaturated/α-hetero) is 1. The Morgan fingerprint density at radius 2 is 2.21 bits per heavy atom. The first-order chi connectivity index (χ1) is 9.20. The first kappa shape index (κ1) is 13.7. The predicted octanol–water partition coefficient (Wildman–Crippen LogP) is 4.10. The molecule has 0 spiro atoms. The van der Waals surface area contributed by atoms with E-state index in [4.69, 9.17) is 4.74 Å². The van der Waals surface area contributed by atoms with Gasteiger partial charge in [0.2, 0.25) is 0 Å². The lowest BCUT2D eigenvalue weighted by molar-refractivity contribution is 0.0980. The van der Waals surface area contributed by atoms with Gasteiger partial charge in [0, 0.05) is 16.9 Å². The Morgan fingerprint density at radius 3 is 2.84 bits per heavy atom. The van der Waals surface area contributed by atoms with Crippen molar-refractivity contribution in [3.63, 3.8) is 0 Å². The Balaban J connectivity index is 1.91. The number of aryl methyl sites for hydroxylation is 1. The first-order valence-electron chi connectivity index (χ1n) is 6.10. The highest BCUT2D eigenvalue weighted by Gasteiger charge is 2.10. The lowest BCUT2D eigenvalue weighted by Gasteiger charge is -2.04. The molecule has 1 aromatic heterocycles. The summed E-state index contributed by atoms with van der Waals surface area (Å²) >= 11 is 1.69. The molecule has 0 saturated heterocycles. The summed E-state index contributed by atoms with van der Waals surface area (Å²) in [7, 11) is 1.40. The minimum Gasteiger partial charge on any atom is -0.494 e. The maximum atomic E-state index is 13.5. The lowest BCUT2D eigenvalue weighted by atomic mass is 10.0. The number of halogens is 1. The van der Waals surface area contributed by atoms with E-state index in [9.17, 15) is 9.18 Å². The van der Waals surface area contributed by atoms with Gasteiger partial charge in [-0.15, -0.1) is 11.3 Å². The molecule has 0 atom stereocenters. The van der Waals surface area contributed by atoms with Gasteiger partial charge >= 0.3 is 0 Å². The number of rotatable bonds is 6. The van der Waals surface area contributed by atoms with E-state index in [0.717, 1.165) is 12.8 Å². The second-order valence-corrected chi connectivity index (χ2v) is 5.24. The second kappa shape index (κ2) is 6.48. The minimum atomic E-state index is -0.494. The molecular formula is C15H15FO2S. The van der Waals surface area contributed by atoms with Crippen LogP contribution in [-0.4, -0.2) is 12.9 Å². The average molecular weight is 278 g/mol. The van der Waals surface area contributed by atoms with Crippen LogP contribution in [0.25, 0.3) is 0 Å². The highest BCUT2D eigenvalue weighted by Crippen LogP contribution is 2.19. The van der Waals surface area contributed by atoms with Gasteiger partial charge < -0.3 is 4.74 Å². The number of carbonyl (C=O) groups is 1. The Labute approximate surface area is 115 Å². The van der Waals surface area contributed by atoms with Crippen LogP contribution in [0.2, 0.25) is 0 Å². The van der Waals surface area contributed by atoms with E-state index in [0.29, 0.717) is 12.0 Å². The molecule has 0 amide bonds. The fourth-order valence-electron chi connectivity index (χ4n) is 1.86. The van der Waals surface area contributed by atoms with Crippen LogP contribution in [-0.2, 0) is 6.42 Å². The largest absolute Gasteiger partial charge is 0.494 e. The molecule has 0 radical (unpaired) electrons. The number of hydrogen-bond acceptors (Lipinski definition) is 3. The van der Waals surface area contributed by atoms with Crippen LogP contribution in [0, 0.1) is 5.82 Å². The maximum Gasteiger partial charge on any atom is 0.165 e. The number of ether oxygens (including phenoxy) is 1. The van der Waals surface area contributed by atoms with Gasteiger partial charge in [-0.1, -0.05) is 6.07 Å². The van der Waals surface area contributed by atoms with Crippen LogP contribution in [0.1, 0.15) is 28.1 Å². The van der Waals surface area contributed by atoms with Crippen molar-refractivity contribution in [3.05, 3.63) is 52.0 Å². The van der Waals surface area contributed by atoms with Crippen LogP contribution < -0.4 is 4.74 Å². The molecule has 0 saturated carbocycles. The number of hydrogen-bond donors (Lipinski definition) is 0. The fourth-order valence-corrected chi connectivity index (χ4v) is 2.61. The van der Waals surface area contributed by atoms with Crippen LogP contribution in [0.3, 0.4) is 0 Å². The highest BCUT2D eigenvalue weighted by atomic mass is 32.1. The van der Waals surface area contributed by atoms with E-state index >= 15 is 0 Å². The minimum absolute atomic E-state index is 0.0295. The van der Waals surface area contributed by atoms with Gasteiger partial charge in [-0.05, 0) is 42.5 Å². The summed E-state index contributed by atoms with van der Waals surface area (Å²) in [4.78, 5) is 13.2. The second-order valence-electron chi connectivity index (χ2n) is 4.21. The van der Waals surface area contributed by atoms with Crippen LogP contribution in [0.4, 0.5) is 4.39 Å². The van der Waals surface area contributed by atoms with Crippen molar-refractivity contribution in [2.45, 2.75) is 19.3 Å². The molecule has 2 aromatic rings. The zero-order valence-corrected chi connectivity index (χ0v) is 11.5. The van der Waals surface area contributed by atoms with E-state index in [2.05, 4.69) is 6.07 Å². The first-order valence-corrected chi connectivity index (χ1v) is 6.98. The average Bonchev–Trinajstić information content (AvgIpc) is 2.91. The summed E-state index contributed by atoms with van der Waals surface area (Å²) < 4.78 is 18.3. The molecule has 0 unspecified atom stereocenters. The summed E-state index contributed by atoms with van der Waals surface area (Å²) in [5.41, 5.74) is 0.407. The third-order valence-corrected chi connectivity index (χ3v) is 3.82. The van der Waals surface area contributed by atoms with Crippen molar-refractivity contribution in [1.29, 1.82) is 0 Å². The Hall–Kier alpha value is -1.68. The van der Waals surface area contributed by atoms with Crippen molar-refractivity contribution in [3.8, 4) is 5.75 Å². The molecule has 0 aliphatic heterocycles. The van der Waals surface area contributed by atoms with Gasteiger partial charge in [0.15, 0.2) is 17.3 Å². The number of thiophene rings is 1. The molecule has 0 N–H and O–H groups in total. The molecule has 2 nitrogen and oxygen atoms in total. The van der Waals surface area contributed by atoms with Crippen molar-refractivity contribution >= 4 is 17.1 Å². The molecule has 0 aliphatic rings. The van der Waals surface area contributed by atoms with Gasteiger partial charge in [-0.3, -0.25) is 4.79 Å². The van der Waals surface area contributed by atoms with E-state index in [1.807, 2.05) is 11.4 Å². The van der Waals surface area contributed by atoms with Gasteiger partial charge in [-0.25, -0.2) is 4.39 Å². The molecule has 1 aromatic carbocycles. The van der Waals surface area contributed by atoms with Crippen LogP contribution in [0.15, 0.2) is 35.7 Å². The molecule has 0 bridgehead atoms. The van der Waals surface area contributed by atoms with Gasteiger partial charge in [0.1, 0.15) is 0 Å². The lowest BCUT2D eigenvalue weighted by Crippen LogP contribution is -2.01. The zero-order valence-electron chi connectivity index (χ0n) is 10.7. The topological polar surface area (TPSA) is 26.3 Å². The summed E-state index contributed by atoms with van der Waals surface area (Å²) in [6.45, 7) is 0. The number of carbonyl (C=O) groups excluding carboxylic acids is 1. The Bertz CT molecular complexity index is 549. The van der Waals surface area contributed by atoms with E-state index in [-0.39, 0.29) is 11.5 Å². The van der Waals surface area contributed by atoms with E-state index < -0.39 is 5.82 Å². The third kappa shape index (κ3) is 3.64. The quantitative estimate of drug-likeness (QED) is 0.744. The molecular weight excluding hydrogens is 263 g/mol. The number of ketones is 1. The van der Waals surface area contributed by atoms with Crippen molar-refractivity contribution in [2.75, 3.05) is 7.11 Å². The monoisotopic (exact) mass is 278 g/mol. The number of methoxy groups -OCH3 is 1. The van der Waals surface area contributed by atoms with Crippen LogP contribution in [0.5, 0.6) is 5.75 Å². The predicted molar refractivity (Wildman–Crippen MR) is 74.5 cm³/mol. The standard InChI is InChI=1S/C15H15FO2S/c1-18-15-8-7-11(10-13(15)16)14(17)6-2-4-12-5-3-9-19-12/h3,5,7-10H,2,4,6H2,1H3. The van der Waals surface area contributed by atoms with E-state index in [1.54, 1.807) is 17.4 Å². The number of benzene rings is 1. The highest BCUT2D eigenvalue weighted by molar-refractivity contribution is 7.09. The van der Waals surface area contributed by atoms with Crippen molar-refractivity contribution in [1.82, 2.24) is 0 Å². The molecule has 4 heteroatoms. The zero-order chi connectivity index (χ0) is 13.7. The maximum absolute atomic E-state index is 13.5. The third-order valence-electron chi connectivity index (χ3n) is 2.88. The van der Waals surface area contributed by atoms with Gasteiger partial charge in [0.05, 0.1) is 7.11 Å². The normalized spacial score (nSPS) is 10.4.